The molecule has 0 spiro atoms. The second-order valence-corrected chi connectivity index (χ2v) is 3.16. The zero-order chi connectivity index (χ0) is 12.6. The highest BCUT2D eigenvalue weighted by Gasteiger charge is 1.94. The molecule has 4 N–H and O–H groups in total. The molecular weight excluding hydrogens is 236 g/mol. The largest absolute Gasteiger partial charge is 0.550 e. The van der Waals surface area contributed by atoms with Crippen LogP contribution in [-0.4, -0.2) is 17.0 Å². The summed E-state index contributed by atoms with van der Waals surface area (Å²) in [5, 5.41) is 18.1. The van der Waals surface area contributed by atoms with Crippen LogP contribution in [0.4, 0.5) is 5.82 Å². The topological polar surface area (TPSA) is 118 Å². The summed E-state index contributed by atoms with van der Waals surface area (Å²) in [4.78, 5) is 21.9. The number of aromatic nitrogens is 1. The van der Waals surface area contributed by atoms with Gasteiger partial charge in [-0.25, -0.2) is 4.98 Å². The summed E-state index contributed by atoms with van der Waals surface area (Å²) in [7, 11) is 0. The Hall–Kier alpha value is -1.82. The molecule has 1 heterocycles. The molecule has 0 aliphatic heterocycles. The Bertz CT molecular complexity index is 318. The van der Waals surface area contributed by atoms with Gasteiger partial charge in [0.05, 0.1) is 11.4 Å². The molecule has 0 aliphatic carbocycles. The van der Waals surface area contributed by atoms with Crippen LogP contribution in [-0.2, 0) is 9.59 Å². The van der Waals surface area contributed by atoms with Crippen molar-refractivity contribution in [2.45, 2.75) is 12.8 Å². The lowest BCUT2D eigenvalue weighted by molar-refractivity contribution is -0.360. The Balaban J connectivity index is 0.000000281. The molecular formula is C9H11ClN2O4. The predicted octanol–water partition coefficient (Wildman–Crippen LogP) is -0.663. The number of H-pyrrole nitrogens is 1. The standard InChI is InChI=1S/C5H5ClN2.C4H6O4/c6-4-1-2-5(7)8-3-4;5-3(6)1-2-4(7)8/h1-3H,(H2,7,8);1-2H2,(H,5,6)(H,7,8). The highest BCUT2D eigenvalue weighted by molar-refractivity contribution is 6.30. The Kier molecular flexibility index (Phi) is 6.62. The quantitative estimate of drug-likeness (QED) is 0.734. The maximum absolute atomic E-state index is 9.61. The van der Waals surface area contributed by atoms with Gasteiger partial charge in [0.2, 0.25) is 0 Å². The van der Waals surface area contributed by atoms with Crippen LogP contribution in [0, 0.1) is 0 Å². The van der Waals surface area contributed by atoms with Crippen molar-refractivity contribution in [3.05, 3.63) is 23.4 Å². The zero-order valence-electron chi connectivity index (χ0n) is 8.27. The zero-order valence-corrected chi connectivity index (χ0v) is 9.03. The van der Waals surface area contributed by atoms with E-state index in [2.05, 4.69) is 4.98 Å². The Morgan fingerprint density at radius 2 is 2.06 bits per heavy atom. The van der Waals surface area contributed by atoms with Gasteiger partial charge in [-0.05, 0) is 12.5 Å². The van der Waals surface area contributed by atoms with E-state index in [1.165, 1.54) is 0 Å². The van der Waals surface area contributed by atoms with Crippen LogP contribution in [0.25, 0.3) is 0 Å². The van der Waals surface area contributed by atoms with Crippen LogP contribution in [0.1, 0.15) is 12.8 Å². The van der Waals surface area contributed by atoms with E-state index in [1.54, 1.807) is 18.3 Å². The second-order valence-electron chi connectivity index (χ2n) is 2.73. The minimum Gasteiger partial charge on any atom is -0.550 e. The maximum atomic E-state index is 9.61. The van der Waals surface area contributed by atoms with Gasteiger partial charge in [-0.2, -0.15) is 0 Å². The first-order valence-corrected chi connectivity index (χ1v) is 4.64. The van der Waals surface area contributed by atoms with Gasteiger partial charge in [0.1, 0.15) is 6.20 Å². The van der Waals surface area contributed by atoms with Crippen molar-refractivity contribution in [2.24, 2.45) is 0 Å². The number of rotatable bonds is 3. The molecule has 0 aromatic carbocycles. The van der Waals surface area contributed by atoms with Gasteiger partial charge in [-0.15, -0.1) is 0 Å². The molecule has 7 heteroatoms. The molecule has 6 nitrogen and oxygen atoms in total. The summed E-state index contributed by atoms with van der Waals surface area (Å²) in [5.74, 6) is -1.82. The molecule has 1 rings (SSSR count). The van der Waals surface area contributed by atoms with Gasteiger partial charge >= 0.3 is 5.97 Å². The molecule has 88 valence electrons. The lowest BCUT2D eigenvalue weighted by Gasteiger charge is -1.94. The van der Waals surface area contributed by atoms with E-state index in [0.29, 0.717) is 10.8 Å². The van der Waals surface area contributed by atoms with Crippen LogP contribution in [0.2, 0.25) is 5.02 Å². The second kappa shape index (κ2) is 7.47. The Morgan fingerprint density at radius 3 is 2.31 bits per heavy atom. The number of anilines is 1. The van der Waals surface area contributed by atoms with Crippen LogP contribution in [0.5, 0.6) is 0 Å². The summed E-state index contributed by atoms with van der Waals surface area (Å²) < 4.78 is 0. The smallest absolute Gasteiger partial charge is 0.303 e. The minimum atomic E-state index is -1.33. The van der Waals surface area contributed by atoms with Crippen LogP contribution >= 0.6 is 11.6 Å². The number of carboxylic acid groups (broad SMARTS) is 2. The average Bonchev–Trinajstić information content (AvgIpc) is 2.20. The molecule has 0 bridgehead atoms. The molecule has 0 amide bonds. The van der Waals surface area contributed by atoms with E-state index in [9.17, 15) is 14.7 Å². The Labute approximate surface area is 96.7 Å². The van der Waals surface area contributed by atoms with Crippen molar-refractivity contribution in [2.75, 3.05) is 5.73 Å². The van der Waals surface area contributed by atoms with Crippen molar-refractivity contribution in [3.8, 4) is 0 Å². The summed E-state index contributed by atoms with van der Waals surface area (Å²) in [6.45, 7) is 0. The molecule has 0 radical (unpaired) electrons. The number of nitrogens with one attached hydrogen (secondary N) is 1. The van der Waals surface area contributed by atoms with E-state index in [4.69, 9.17) is 22.4 Å². The molecule has 1 aromatic heterocycles. The number of carboxylic acids is 2. The first kappa shape index (κ1) is 14.2. The highest BCUT2D eigenvalue weighted by atomic mass is 35.5. The SMILES string of the molecule is Nc1ccc(Cl)c[nH+]1.O=C([O-])CCC(=O)O. The van der Waals surface area contributed by atoms with E-state index < -0.39 is 18.4 Å². The number of nitrogen functional groups attached to an aromatic ring is 1. The number of pyridine rings is 1. The predicted molar refractivity (Wildman–Crippen MR) is 54.3 cm³/mol. The molecule has 0 saturated heterocycles. The molecule has 0 atom stereocenters. The fraction of sp³-hybridized carbons (Fsp3) is 0.222. The van der Waals surface area contributed by atoms with Crippen molar-refractivity contribution in [3.63, 3.8) is 0 Å². The van der Waals surface area contributed by atoms with E-state index in [-0.39, 0.29) is 6.42 Å². The lowest BCUT2D eigenvalue weighted by atomic mass is 10.3. The van der Waals surface area contributed by atoms with Gasteiger partial charge in [0, 0.05) is 12.0 Å². The number of aliphatic carboxylic acids is 2. The van der Waals surface area contributed by atoms with Gasteiger partial charge < -0.3 is 15.0 Å². The Morgan fingerprint density at radius 1 is 1.44 bits per heavy atom. The molecule has 0 saturated carbocycles. The minimum absolute atomic E-state index is 0.359. The first-order chi connectivity index (χ1) is 7.41. The molecule has 16 heavy (non-hydrogen) atoms. The third-order valence-corrected chi connectivity index (χ3v) is 1.58. The molecule has 1 aromatic rings. The number of halogens is 1. The molecule has 0 aliphatic rings. The van der Waals surface area contributed by atoms with Gasteiger partial charge in [-0.1, -0.05) is 11.6 Å². The first-order valence-electron chi connectivity index (χ1n) is 4.26. The summed E-state index contributed by atoms with van der Waals surface area (Å²) in [6, 6.07) is 3.44. The molecule has 0 unspecified atom stereocenters. The monoisotopic (exact) mass is 246 g/mol. The van der Waals surface area contributed by atoms with Crippen molar-refractivity contribution in [1.82, 2.24) is 0 Å². The number of hydrogen-bond donors (Lipinski definition) is 2. The van der Waals surface area contributed by atoms with Crippen LogP contribution in [0.3, 0.4) is 0 Å². The number of aromatic amines is 1. The van der Waals surface area contributed by atoms with Crippen molar-refractivity contribution >= 4 is 29.4 Å². The maximum Gasteiger partial charge on any atom is 0.303 e. The van der Waals surface area contributed by atoms with Crippen LogP contribution < -0.4 is 15.8 Å². The summed E-state index contributed by atoms with van der Waals surface area (Å²) >= 11 is 5.52. The fourth-order valence-corrected chi connectivity index (χ4v) is 0.744. The van der Waals surface area contributed by atoms with Gasteiger partial charge in [0.25, 0.3) is 5.82 Å². The van der Waals surface area contributed by atoms with Crippen molar-refractivity contribution in [1.29, 1.82) is 0 Å². The highest BCUT2D eigenvalue weighted by Crippen LogP contribution is 2.02. The number of carbonyl (C=O) groups excluding carboxylic acids is 1. The summed E-state index contributed by atoms with van der Waals surface area (Å²) in [5.41, 5.74) is 5.31. The normalized spacial score (nSPS) is 8.81. The third-order valence-electron chi connectivity index (χ3n) is 1.34. The van der Waals surface area contributed by atoms with E-state index in [1.807, 2.05) is 0 Å². The number of hydrogen-bond acceptors (Lipinski definition) is 4. The fourth-order valence-electron chi connectivity index (χ4n) is 0.627. The van der Waals surface area contributed by atoms with Gasteiger partial charge in [0.15, 0.2) is 0 Å². The van der Waals surface area contributed by atoms with Crippen molar-refractivity contribution < 1.29 is 24.8 Å². The lowest BCUT2D eigenvalue weighted by Crippen LogP contribution is -2.22. The molecule has 0 fully saturated rings. The third kappa shape index (κ3) is 8.76. The average molecular weight is 247 g/mol. The summed E-state index contributed by atoms with van der Waals surface area (Å²) in [6.07, 6.45) is 0.870. The van der Waals surface area contributed by atoms with Gasteiger partial charge in [-0.3, -0.25) is 10.5 Å². The number of carbonyl (C=O) groups is 2. The van der Waals surface area contributed by atoms with E-state index in [0.717, 1.165) is 0 Å². The van der Waals surface area contributed by atoms with Crippen LogP contribution in [0.15, 0.2) is 18.3 Å². The number of nitrogens with two attached hydrogens (primary N) is 1. The van der Waals surface area contributed by atoms with E-state index >= 15 is 0 Å².